The second kappa shape index (κ2) is 76.8. The van der Waals surface area contributed by atoms with Gasteiger partial charge >= 0.3 is 39.5 Å². The first kappa shape index (κ1) is 101. The molecule has 103 heavy (non-hydrogen) atoms. The van der Waals surface area contributed by atoms with Crippen molar-refractivity contribution < 1.29 is 80.2 Å². The van der Waals surface area contributed by atoms with Gasteiger partial charge in [-0.15, -0.1) is 0 Å². The number of unbranched alkanes of at least 4 members (excludes halogenated alkanes) is 56. The number of phosphoric acid groups is 2. The summed E-state index contributed by atoms with van der Waals surface area (Å²) in [5.41, 5.74) is 0. The van der Waals surface area contributed by atoms with Gasteiger partial charge in [0.15, 0.2) is 12.2 Å². The van der Waals surface area contributed by atoms with E-state index in [1.807, 2.05) is 0 Å². The standard InChI is InChI=1S/C84H164O17P2/c1-6-9-12-15-17-19-21-23-25-27-28-29-34-37-41-45-49-53-58-63-68-82(87)95-74-80(101-84(89)70-65-60-55-51-47-43-39-35-31-30-33-36-40-44-48-52-57-61-66-77(4)5)76-99-103(92,93)97-72-78(85)71-96-102(90,91)98-75-79(73-94-81(86)67-62-56-14-11-8-3)100-83(88)69-64-59-54-50-46-42-38-32-26-24-22-20-18-16-13-10-7-2/h77-80,85H,6-76H2,1-5H3,(H,90,91)(H,92,93)/t78-,79+,80+/m0/s1. The maximum Gasteiger partial charge on any atom is 0.472 e. The molecule has 0 radical (unpaired) electrons. The highest BCUT2D eigenvalue weighted by Crippen LogP contribution is 2.45. The van der Waals surface area contributed by atoms with Gasteiger partial charge < -0.3 is 33.8 Å². The molecule has 0 aromatic carbocycles. The lowest BCUT2D eigenvalue weighted by molar-refractivity contribution is -0.161. The van der Waals surface area contributed by atoms with Gasteiger partial charge in [-0.1, -0.05) is 401 Å². The zero-order valence-electron chi connectivity index (χ0n) is 67.5. The summed E-state index contributed by atoms with van der Waals surface area (Å²) < 4.78 is 68.6. The van der Waals surface area contributed by atoms with Crippen molar-refractivity contribution in [3.8, 4) is 0 Å². The third kappa shape index (κ3) is 78.0. The van der Waals surface area contributed by atoms with Crippen molar-refractivity contribution in [2.75, 3.05) is 39.6 Å². The molecular formula is C84H164O17P2. The van der Waals surface area contributed by atoms with E-state index in [0.29, 0.717) is 25.7 Å². The first-order valence-corrected chi connectivity index (χ1v) is 46.6. The molecular weight excluding hydrogens is 1340 g/mol. The molecule has 3 N–H and O–H groups in total. The molecule has 19 heteroatoms. The zero-order chi connectivity index (χ0) is 75.5. The smallest absolute Gasteiger partial charge is 0.462 e. The summed E-state index contributed by atoms with van der Waals surface area (Å²) >= 11 is 0. The summed E-state index contributed by atoms with van der Waals surface area (Å²) in [6.45, 7) is 7.30. The average Bonchev–Trinajstić information content (AvgIpc) is 0.923. The predicted molar refractivity (Wildman–Crippen MR) is 423 cm³/mol. The van der Waals surface area contributed by atoms with Gasteiger partial charge in [-0.05, 0) is 31.6 Å². The van der Waals surface area contributed by atoms with Crippen molar-refractivity contribution in [3.05, 3.63) is 0 Å². The minimum atomic E-state index is -4.96. The largest absolute Gasteiger partial charge is 0.472 e. The Labute approximate surface area is 632 Å². The first-order chi connectivity index (χ1) is 50.0. The topological polar surface area (TPSA) is 237 Å². The summed E-state index contributed by atoms with van der Waals surface area (Å²) in [7, 11) is -9.91. The molecule has 0 spiro atoms. The Kier molecular flexibility index (Phi) is 75.4. The summed E-state index contributed by atoms with van der Waals surface area (Å²) in [5, 5.41) is 10.6. The van der Waals surface area contributed by atoms with Crippen LogP contribution in [0, 0.1) is 5.92 Å². The predicted octanol–water partition coefficient (Wildman–Crippen LogP) is 25.6. The number of hydrogen-bond acceptors (Lipinski definition) is 15. The number of aliphatic hydroxyl groups excluding tert-OH is 1. The number of aliphatic hydroxyl groups is 1. The highest BCUT2D eigenvalue weighted by Gasteiger charge is 2.30. The zero-order valence-corrected chi connectivity index (χ0v) is 69.3. The molecule has 0 aliphatic rings. The molecule has 0 amide bonds. The van der Waals surface area contributed by atoms with Crippen LogP contribution in [0.25, 0.3) is 0 Å². The lowest BCUT2D eigenvalue weighted by atomic mass is 10.0. The maximum absolute atomic E-state index is 13.1. The van der Waals surface area contributed by atoms with E-state index in [0.717, 1.165) is 102 Å². The summed E-state index contributed by atoms with van der Waals surface area (Å²) in [6, 6.07) is 0. The number of phosphoric ester groups is 2. The fraction of sp³-hybridized carbons (Fsp3) is 0.952. The van der Waals surface area contributed by atoms with Crippen LogP contribution in [0.3, 0.4) is 0 Å². The van der Waals surface area contributed by atoms with Crippen molar-refractivity contribution in [2.45, 2.75) is 470 Å². The Bertz CT molecular complexity index is 1960. The van der Waals surface area contributed by atoms with Crippen LogP contribution in [0.4, 0.5) is 0 Å². The van der Waals surface area contributed by atoms with E-state index >= 15 is 0 Å². The first-order valence-electron chi connectivity index (χ1n) is 43.6. The normalized spacial score (nSPS) is 13.8. The minimum Gasteiger partial charge on any atom is -0.462 e. The number of carbonyl (C=O) groups is 4. The number of carbonyl (C=O) groups excluding carboxylic acids is 4. The third-order valence-corrected chi connectivity index (χ3v) is 21.7. The quantitative estimate of drug-likeness (QED) is 0.0222. The van der Waals surface area contributed by atoms with E-state index in [1.54, 1.807) is 0 Å². The fourth-order valence-corrected chi connectivity index (χ4v) is 14.7. The van der Waals surface area contributed by atoms with E-state index in [4.69, 9.17) is 37.0 Å². The number of hydrogen-bond donors (Lipinski definition) is 3. The van der Waals surface area contributed by atoms with Crippen molar-refractivity contribution in [2.24, 2.45) is 5.92 Å². The highest BCUT2D eigenvalue weighted by atomic mass is 31.2. The molecule has 5 atom stereocenters. The van der Waals surface area contributed by atoms with Crippen LogP contribution in [0.5, 0.6) is 0 Å². The molecule has 0 aromatic heterocycles. The summed E-state index contributed by atoms with van der Waals surface area (Å²) in [5.74, 6) is -1.29. The van der Waals surface area contributed by atoms with Crippen LogP contribution in [0.2, 0.25) is 0 Å². The fourth-order valence-electron chi connectivity index (χ4n) is 13.1. The molecule has 0 saturated heterocycles. The molecule has 0 aromatic rings. The lowest BCUT2D eigenvalue weighted by Gasteiger charge is -2.21. The van der Waals surface area contributed by atoms with E-state index in [1.165, 1.54) is 270 Å². The molecule has 0 saturated carbocycles. The van der Waals surface area contributed by atoms with Crippen LogP contribution in [-0.2, 0) is 65.4 Å². The van der Waals surface area contributed by atoms with E-state index < -0.39 is 97.5 Å². The van der Waals surface area contributed by atoms with Gasteiger partial charge in [0.1, 0.15) is 19.3 Å². The van der Waals surface area contributed by atoms with Gasteiger partial charge in [-0.3, -0.25) is 37.3 Å². The molecule has 0 rings (SSSR count). The number of rotatable bonds is 84. The van der Waals surface area contributed by atoms with Gasteiger partial charge in [0.2, 0.25) is 0 Å². The molecule has 612 valence electrons. The summed E-state index contributed by atoms with van der Waals surface area (Å²) in [4.78, 5) is 72.8. The van der Waals surface area contributed by atoms with E-state index in [2.05, 4.69) is 34.6 Å². The number of ether oxygens (including phenoxy) is 4. The van der Waals surface area contributed by atoms with Crippen LogP contribution < -0.4 is 0 Å². The van der Waals surface area contributed by atoms with Gasteiger partial charge in [-0.25, -0.2) is 9.13 Å². The molecule has 0 heterocycles. The van der Waals surface area contributed by atoms with Crippen LogP contribution in [0.15, 0.2) is 0 Å². The van der Waals surface area contributed by atoms with E-state index in [-0.39, 0.29) is 25.7 Å². The van der Waals surface area contributed by atoms with Gasteiger partial charge in [0.25, 0.3) is 0 Å². The molecule has 0 bridgehead atoms. The molecule has 0 aliphatic carbocycles. The second-order valence-corrected chi connectivity index (χ2v) is 33.6. The Morgan fingerprint density at radius 1 is 0.262 bits per heavy atom. The summed E-state index contributed by atoms with van der Waals surface area (Å²) in [6.07, 6.45) is 70.0. The number of esters is 4. The monoisotopic (exact) mass is 1510 g/mol. The molecule has 0 fully saturated rings. The van der Waals surface area contributed by atoms with E-state index in [9.17, 15) is 43.2 Å². The Morgan fingerprint density at radius 3 is 0.660 bits per heavy atom. The maximum atomic E-state index is 13.1. The van der Waals surface area contributed by atoms with Crippen LogP contribution in [-0.4, -0.2) is 96.7 Å². The lowest BCUT2D eigenvalue weighted by Crippen LogP contribution is -2.30. The Balaban J connectivity index is 5.10. The van der Waals surface area contributed by atoms with Gasteiger partial charge in [-0.2, -0.15) is 0 Å². The Morgan fingerprint density at radius 2 is 0.447 bits per heavy atom. The van der Waals surface area contributed by atoms with Crippen molar-refractivity contribution in [3.63, 3.8) is 0 Å². The van der Waals surface area contributed by atoms with Crippen molar-refractivity contribution >= 4 is 39.5 Å². The van der Waals surface area contributed by atoms with Gasteiger partial charge in [0, 0.05) is 25.7 Å². The Hall–Kier alpha value is -1.94. The average molecular weight is 1510 g/mol. The second-order valence-electron chi connectivity index (χ2n) is 30.7. The SMILES string of the molecule is CCCCCCCCCCCCCCCCCCCCCCC(=O)OC[C@H](COP(=O)(O)OC[C@@H](O)COP(=O)(O)OC[C@@H](COC(=O)CCCCCCC)OC(=O)CCCCCCCCCCCCCCCCCCC)OC(=O)CCCCCCCCCCCCCCCCCCCCC(C)C. The minimum absolute atomic E-state index is 0.108. The third-order valence-electron chi connectivity index (χ3n) is 19.8. The van der Waals surface area contributed by atoms with Crippen molar-refractivity contribution in [1.82, 2.24) is 0 Å². The molecule has 2 unspecified atom stereocenters. The molecule has 0 aliphatic heterocycles. The van der Waals surface area contributed by atoms with Crippen LogP contribution >= 0.6 is 15.6 Å². The van der Waals surface area contributed by atoms with Gasteiger partial charge in [0.05, 0.1) is 26.4 Å². The molecule has 17 nitrogen and oxygen atoms in total. The highest BCUT2D eigenvalue weighted by molar-refractivity contribution is 7.47. The van der Waals surface area contributed by atoms with Crippen LogP contribution in [0.1, 0.15) is 452 Å². The van der Waals surface area contributed by atoms with Crippen molar-refractivity contribution in [1.29, 1.82) is 0 Å².